The van der Waals surface area contributed by atoms with Gasteiger partial charge < -0.3 is 10.1 Å². The quantitative estimate of drug-likeness (QED) is 0.827. The summed E-state index contributed by atoms with van der Waals surface area (Å²) in [5, 5.41) is 3.66. The third-order valence-corrected chi connectivity index (χ3v) is 3.76. The number of carbonyl (C=O) groups is 2. The van der Waals surface area contributed by atoms with Crippen LogP contribution in [-0.2, 0) is 9.53 Å². The predicted molar refractivity (Wildman–Crippen MR) is 89.7 cm³/mol. The number of halogens is 2. The molecular weight excluding hydrogens is 337 g/mol. The maximum absolute atomic E-state index is 11.9. The molecule has 0 fully saturated rings. The third-order valence-electron chi connectivity index (χ3n) is 3.18. The minimum atomic E-state index is -0.634. The lowest BCUT2D eigenvalue weighted by Crippen LogP contribution is -2.31. The molecule has 0 saturated carbocycles. The number of hydrogen-bond acceptors (Lipinski definition) is 3. The number of nitrogens with one attached hydrogen (secondary N) is 1. The number of hydrogen-bond donors (Lipinski definition) is 1. The molecule has 2 aromatic carbocycles. The van der Waals surface area contributed by atoms with Crippen LogP contribution < -0.4 is 5.32 Å². The molecule has 0 heterocycles. The number of esters is 1. The van der Waals surface area contributed by atoms with E-state index in [1.54, 1.807) is 36.4 Å². The first-order chi connectivity index (χ1) is 11.0. The van der Waals surface area contributed by atoms with Gasteiger partial charge in [-0.1, -0.05) is 47.5 Å². The Kier molecular flexibility index (Phi) is 6.02. The number of carbonyl (C=O) groups excluding carboxylic acids is 2. The van der Waals surface area contributed by atoms with Crippen molar-refractivity contribution in [3.05, 3.63) is 69.7 Å². The van der Waals surface area contributed by atoms with Gasteiger partial charge in [0.15, 0.2) is 6.61 Å². The molecule has 0 saturated heterocycles. The van der Waals surface area contributed by atoms with Crippen molar-refractivity contribution in [3.63, 3.8) is 0 Å². The predicted octanol–water partition coefficient (Wildman–Crippen LogP) is 4.03. The zero-order valence-electron chi connectivity index (χ0n) is 12.4. The average molecular weight is 352 g/mol. The average Bonchev–Trinajstić information content (AvgIpc) is 2.53. The van der Waals surface area contributed by atoms with Gasteiger partial charge in [-0.05, 0) is 36.8 Å². The Hall–Kier alpha value is -2.04. The smallest absolute Gasteiger partial charge is 0.340 e. The van der Waals surface area contributed by atoms with Gasteiger partial charge in [-0.15, -0.1) is 0 Å². The van der Waals surface area contributed by atoms with Gasteiger partial charge in [-0.3, -0.25) is 4.79 Å². The van der Waals surface area contributed by atoms with Crippen LogP contribution in [0.4, 0.5) is 0 Å². The summed E-state index contributed by atoms with van der Waals surface area (Å²) >= 11 is 11.7. The van der Waals surface area contributed by atoms with E-state index in [0.29, 0.717) is 5.02 Å². The van der Waals surface area contributed by atoms with Crippen molar-refractivity contribution in [3.8, 4) is 0 Å². The number of benzene rings is 2. The second-order valence-corrected chi connectivity index (χ2v) is 5.74. The second kappa shape index (κ2) is 7.99. The van der Waals surface area contributed by atoms with Crippen molar-refractivity contribution in [2.45, 2.75) is 13.0 Å². The molecule has 6 heteroatoms. The standard InChI is InChI=1S/C17H15Cl2NO3/c1-11(12-6-8-13(18)9-7-12)20-16(21)10-23-17(22)14-4-2-3-5-15(14)19/h2-9,11H,10H2,1H3,(H,20,21)/t11-/m1/s1. The van der Waals surface area contributed by atoms with Crippen molar-refractivity contribution in [2.75, 3.05) is 6.61 Å². The molecule has 0 aliphatic rings. The lowest BCUT2D eigenvalue weighted by atomic mass is 10.1. The van der Waals surface area contributed by atoms with Gasteiger partial charge in [0.25, 0.3) is 5.91 Å². The first-order valence-electron chi connectivity index (χ1n) is 6.94. The SMILES string of the molecule is C[C@@H](NC(=O)COC(=O)c1ccccc1Cl)c1ccc(Cl)cc1. The maximum atomic E-state index is 11.9. The lowest BCUT2D eigenvalue weighted by molar-refractivity contribution is -0.124. The summed E-state index contributed by atoms with van der Waals surface area (Å²) in [7, 11) is 0. The van der Waals surface area contributed by atoms with Crippen molar-refractivity contribution < 1.29 is 14.3 Å². The molecular formula is C17H15Cl2NO3. The van der Waals surface area contributed by atoms with Crippen LogP contribution in [0, 0.1) is 0 Å². The van der Waals surface area contributed by atoms with E-state index in [1.807, 2.05) is 19.1 Å². The molecule has 0 radical (unpaired) electrons. The number of amides is 1. The number of ether oxygens (including phenoxy) is 1. The van der Waals surface area contributed by atoms with E-state index < -0.39 is 11.9 Å². The molecule has 23 heavy (non-hydrogen) atoms. The van der Waals surface area contributed by atoms with Crippen LogP contribution in [0.5, 0.6) is 0 Å². The highest BCUT2D eigenvalue weighted by Gasteiger charge is 2.14. The molecule has 0 aliphatic heterocycles. The minimum absolute atomic E-state index is 0.223. The summed E-state index contributed by atoms with van der Waals surface area (Å²) in [6, 6.07) is 13.4. The fourth-order valence-corrected chi connectivity index (χ4v) is 2.29. The third kappa shape index (κ3) is 4.98. The van der Waals surface area contributed by atoms with Crippen molar-refractivity contribution >= 4 is 35.1 Å². The van der Waals surface area contributed by atoms with Crippen LogP contribution in [0.3, 0.4) is 0 Å². The van der Waals surface area contributed by atoms with Gasteiger partial charge in [0.05, 0.1) is 16.6 Å². The molecule has 2 rings (SSSR count). The molecule has 0 aliphatic carbocycles. The number of rotatable bonds is 5. The highest BCUT2D eigenvalue weighted by molar-refractivity contribution is 6.33. The van der Waals surface area contributed by atoms with E-state index in [4.69, 9.17) is 27.9 Å². The minimum Gasteiger partial charge on any atom is -0.452 e. The molecule has 1 atom stereocenters. The molecule has 2 aromatic rings. The summed E-state index contributed by atoms with van der Waals surface area (Å²) < 4.78 is 4.97. The summed E-state index contributed by atoms with van der Waals surface area (Å²) in [5.74, 6) is -1.03. The van der Waals surface area contributed by atoms with E-state index in [9.17, 15) is 9.59 Å². The van der Waals surface area contributed by atoms with E-state index in [2.05, 4.69) is 5.32 Å². The summed E-state index contributed by atoms with van der Waals surface area (Å²) in [6.07, 6.45) is 0. The molecule has 0 unspecified atom stereocenters. The Morgan fingerprint density at radius 3 is 2.39 bits per heavy atom. The molecule has 1 N–H and O–H groups in total. The van der Waals surface area contributed by atoms with E-state index in [0.717, 1.165) is 5.56 Å². The van der Waals surface area contributed by atoms with Gasteiger partial charge in [-0.25, -0.2) is 4.79 Å². The van der Waals surface area contributed by atoms with E-state index in [1.165, 1.54) is 0 Å². The first kappa shape index (κ1) is 17.3. The molecule has 4 nitrogen and oxygen atoms in total. The Morgan fingerprint density at radius 2 is 1.74 bits per heavy atom. The Morgan fingerprint density at radius 1 is 1.09 bits per heavy atom. The molecule has 0 bridgehead atoms. The first-order valence-corrected chi connectivity index (χ1v) is 7.69. The summed E-state index contributed by atoms with van der Waals surface area (Å²) in [4.78, 5) is 23.7. The van der Waals surface area contributed by atoms with Crippen molar-refractivity contribution in [1.82, 2.24) is 5.32 Å². The zero-order chi connectivity index (χ0) is 16.8. The monoisotopic (exact) mass is 351 g/mol. The Balaban J connectivity index is 1.86. The summed E-state index contributed by atoms with van der Waals surface area (Å²) in [6.45, 7) is 1.46. The van der Waals surface area contributed by atoms with Gasteiger partial charge >= 0.3 is 5.97 Å². The van der Waals surface area contributed by atoms with Crippen LogP contribution in [0.15, 0.2) is 48.5 Å². The maximum Gasteiger partial charge on any atom is 0.340 e. The van der Waals surface area contributed by atoms with Crippen LogP contribution in [0.25, 0.3) is 0 Å². The van der Waals surface area contributed by atoms with Gasteiger partial charge in [-0.2, -0.15) is 0 Å². The lowest BCUT2D eigenvalue weighted by Gasteiger charge is -2.14. The normalized spacial score (nSPS) is 11.6. The van der Waals surface area contributed by atoms with E-state index in [-0.39, 0.29) is 23.2 Å². The molecule has 1 amide bonds. The zero-order valence-corrected chi connectivity index (χ0v) is 13.9. The molecule has 0 aromatic heterocycles. The highest BCUT2D eigenvalue weighted by Crippen LogP contribution is 2.17. The molecule has 0 spiro atoms. The highest BCUT2D eigenvalue weighted by atomic mass is 35.5. The molecule has 120 valence electrons. The Labute approximate surface area is 144 Å². The van der Waals surface area contributed by atoms with Crippen molar-refractivity contribution in [2.24, 2.45) is 0 Å². The van der Waals surface area contributed by atoms with Gasteiger partial charge in [0, 0.05) is 5.02 Å². The van der Waals surface area contributed by atoms with E-state index >= 15 is 0 Å². The second-order valence-electron chi connectivity index (χ2n) is 4.90. The topological polar surface area (TPSA) is 55.4 Å². The van der Waals surface area contributed by atoms with Crippen LogP contribution in [0.1, 0.15) is 28.9 Å². The Bertz CT molecular complexity index is 701. The fourth-order valence-electron chi connectivity index (χ4n) is 1.95. The van der Waals surface area contributed by atoms with Gasteiger partial charge in [0.1, 0.15) is 0 Å². The van der Waals surface area contributed by atoms with Crippen LogP contribution >= 0.6 is 23.2 Å². The fraction of sp³-hybridized carbons (Fsp3) is 0.176. The summed E-state index contributed by atoms with van der Waals surface area (Å²) in [5.41, 5.74) is 1.13. The van der Waals surface area contributed by atoms with Crippen LogP contribution in [-0.4, -0.2) is 18.5 Å². The largest absolute Gasteiger partial charge is 0.452 e. The van der Waals surface area contributed by atoms with Gasteiger partial charge in [0.2, 0.25) is 0 Å². The van der Waals surface area contributed by atoms with Crippen LogP contribution in [0.2, 0.25) is 10.0 Å². The van der Waals surface area contributed by atoms with Crippen molar-refractivity contribution in [1.29, 1.82) is 0 Å².